The molecule has 0 saturated carbocycles. The van der Waals surface area contributed by atoms with E-state index in [1.807, 2.05) is 0 Å². The average Bonchev–Trinajstić information content (AvgIpc) is 3.56. The molecule has 0 amide bonds. The third-order valence-corrected chi connectivity index (χ3v) is 18.1. The van der Waals surface area contributed by atoms with Crippen LogP contribution in [0.2, 0.25) is 0 Å². The quantitative estimate of drug-likeness (QED) is 0.157. The predicted molar refractivity (Wildman–Crippen MR) is 329 cm³/mol. The number of aromatic nitrogens is 2. The molecule has 4 aliphatic rings. The van der Waals surface area contributed by atoms with Gasteiger partial charge in [-0.2, -0.15) is 0 Å². The van der Waals surface area contributed by atoms with Crippen molar-refractivity contribution in [3.63, 3.8) is 0 Å². The van der Waals surface area contributed by atoms with Crippen molar-refractivity contribution in [3.05, 3.63) is 255 Å². The van der Waals surface area contributed by atoms with Crippen LogP contribution in [-0.2, 0) is 0 Å². The maximum atomic E-state index is 2.68. The molecule has 2 aliphatic heterocycles. The zero-order chi connectivity index (χ0) is 50.5. The van der Waals surface area contributed by atoms with Gasteiger partial charge in [-0.1, -0.05) is 206 Å². The van der Waals surface area contributed by atoms with Crippen molar-refractivity contribution < 1.29 is 0 Å². The Morgan fingerprint density at radius 1 is 0.269 bits per heavy atom. The van der Waals surface area contributed by atoms with Crippen molar-refractivity contribution in [3.8, 4) is 78.1 Å². The van der Waals surface area contributed by atoms with E-state index in [0.717, 1.165) is 17.1 Å². The Bertz CT molecular complexity index is 5100. The van der Waals surface area contributed by atoms with Crippen LogP contribution in [0.15, 0.2) is 255 Å². The van der Waals surface area contributed by atoms with Crippen molar-refractivity contribution in [1.29, 1.82) is 0 Å². The minimum atomic E-state index is -0.0538. The Morgan fingerprint density at radius 3 is 1.32 bits per heavy atom. The Kier molecular flexibility index (Phi) is 7.82. The fraction of sp³-hybridized carbons (Fsp3) is 0. The summed E-state index contributed by atoms with van der Waals surface area (Å²) in [4.78, 5) is 2.50. The van der Waals surface area contributed by atoms with E-state index in [1.165, 1.54) is 160 Å². The Hall–Kier alpha value is -10.2. The molecule has 356 valence electrons. The Labute approximate surface area is 449 Å². The first-order valence-corrected chi connectivity index (χ1v) is 27.3. The molecule has 19 rings (SSSR count). The zero-order valence-electron chi connectivity index (χ0n) is 42.2. The molecule has 78 heavy (non-hydrogen) atoms. The van der Waals surface area contributed by atoms with Crippen molar-refractivity contribution in [2.75, 3.05) is 4.90 Å². The Morgan fingerprint density at radius 2 is 0.731 bits per heavy atom. The first-order chi connectivity index (χ1) is 38.7. The number of hydrogen-bond donors (Lipinski definition) is 0. The number of hydrogen-bond acceptors (Lipinski definition) is 1. The van der Waals surface area contributed by atoms with Gasteiger partial charge in [0.1, 0.15) is 0 Å². The van der Waals surface area contributed by atoms with E-state index in [4.69, 9.17) is 0 Å². The lowest BCUT2D eigenvalue weighted by Crippen LogP contribution is -2.59. The largest absolute Gasteiger partial charge is 0.310 e. The third kappa shape index (κ3) is 5.15. The average molecular weight is 984 g/mol. The van der Waals surface area contributed by atoms with Gasteiger partial charge in [0.05, 0.1) is 27.8 Å². The van der Waals surface area contributed by atoms with Gasteiger partial charge in [0.15, 0.2) is 0 Å². The standard InChI is InChI=1S/C74H42BN3/c1-3-14-43(15-4-1)45-28-33-49(34-29-45)76(50-35-30-46(31-36-50)44-16-5-2-6-17-44)51-41-64-72-65(42-51)78-63-39-32-47-18-11-24-56-53-21-8-10-23-55(53)59-37-38-60(73(78)69(59)70(63)66(47)56)75(72)61-40-48-19-12-25-57-52-20-7-9-22-54(52)58-26-13-27-62-68(58)71(67(48)57)74(61)77(62)64/h1-42H. The molecule has 0 unspecified atom stereocenters. The predicted octanol–water partition coefficient (Wildman–Crippen LogP) is 17.4. The molecule has 2 aliphatic carbocycles. The van der Waals surface area contributed by atoms with E-state index in [9.17, 15) is 0 Å². The summed E-state index contributed by atoms with van der Waals surface area (Å²) < 4.78 is 5.36. The lowest BCUT2D eigenvalue weighted by Gasteiger charge is -2.36. The van der Waals surface area contributed by atoms with Gasteiger partial charge in [0, 0.05) is 44.3 Å². The lowest BCUT2D eigenvalue weighted by atomic mass is 9.34. The topological polar surface area (TPSA) is 13.1 Å². The van der Waals surface area contributed by atoms with Crippen molar-refractivity contribution >= 4 is 105 Å². The minimum absolute atomic E-state index is 0.0538. The van der Waals surface area contributed by atoms with E-state index in [-0.39, 0.29) is 6.71 Å². The van der Waals surface area contributed by atoms with Crippen LogP contribution in [-0.4, -0.2) is 15.8 Å². The molecule has 0 bridgehead atoms. The van der Waals surface area contributed by atoms with Gasteiger partial charge < -0.3 is 14.0 Å². The number of benzene rings is 13. The molecule has 0 N–H and O–H groups in total. The number of anilines is 3. The maximum Gasteiger partial charge on any atom is 0.252 e. The smallest absolute Gasteiger partial charge is 0.252 e. The molecule has 0 fully saturated rings. The highest BCUT2D eigenvalue weighted by atomic mass is 15.2. The van der Waals surface area contributed by atoms with E-state index >= 15 is 0 Å². The Balaban J connectivity index is 0.985. The fourth-order valence-corrected chi connectivity index (χ4v) is 15.0. The number of nitrogens with zero attached hydrogens (tertiary/aromatic N) is 3. The summed E-state index contributed by atoms with van der Waals surface area (Å²) >= 11 is 0. The van der Waals surface area contributed by atoms with Crippen LogP contribution in [0.3, 0.4) is 0 Å². The highest BCUT2D eigenvalue weighted by Gasteiger charge is 2.44. The second-order valence-corrected chi connectivity index (χ2v) is 21.8. The normalized spacial score (nSPS) is 12.8. The van der Waals surface area contributed by atoms with Gasteiger partial charge in [-0.15, -0.1) is 0 Å². The highest BCUT2D eigenvalue weighted by molar-refractivity contribution is 7.00. The SMILES string of the molecule is c1ccc(-c2ccc(N(c3ccc(-c4ccccc4)cc3)c3cc4c5c(c3)-n3c6cccc7c6c6c8c(cccc8cc(c63)B5c3ccc5c6c8c9c(cccc9ccc8n-4c36)-c3ccccc3-5)-c3ccccc3-7)cc2)cc1. The lowest BCUT2D eigenvalue weighted by molar-refractivity contribution is 1.13. The highest BCUT2D eigenvalue weighted by Crippen LogP contribution is 2.54. The molecular formula is C74H42BN3. The van der Waals surface area contributed by atoms with E-state index < -0.39 is 0 Å². The maximum absolute atomic E-state index is 2.68. The van der Waals surface area contributed by atoms with Gasteiger partial charge in [0.25, 0.3) is 6.71 Å². The molecule has 13 aromatic carbocycles. The van der Waals surface area contributed by atoms with Crippen molar-refractivity contribution in [2.24, 2.45) is 0 Å². The summed E-state index contributed by atoms with van der Waals surface area (Å²) in [5, 5.41) is 10.6. The monoisotopic (exact) mass is 983 g/mol. The van der Waals surface area contributed by atoms with E-state index in [1.54, 1.807) is 0 Å². The summed E-state index contributed by atoms with van der Waals surface area (Å²) in [6.45, 7) is -0.0538. The molecule has 4 heteroatoms. The molecule has 2 aromatic heterocycles. The summed E-state index contributed by atoms with van der Waals surface area (Å²) in [5.41, 5.74) is 30.0. The van der Waals surface area contributed by atoms with Crippen molar-refractivity contribution in [2.45, 2.75) is 0 Å². The molecule has 0 spiro atoms. The van der Waals surface area contributed by atoms with Crippen LogP contribution in [0.4, 0.5) is 17.1 Å². The van der Waals surface area contributed by atoms with Crippen LogP contribution in [0.25, 0.3) is 143 Å². The second kappa shape index (κ2) is 14.8. The third-order valence-electron chi connectivity index (χ3n) is 18.1. The first-order valence-electron chi connectivity index (χ1n) is 27.3. The molecule has 0 saturated heterocycles. The van der Waals surface area contributed by atoms with Gasteiger partial charge in [0.2, 0.25) is 0 Å². The van der Waals surface area contributed by atoms with Crippen LogP contribution in [0.5, 0.6) is 0 Å². The zero-order valence-corrected chi connectivity index (χ0v) is 42.2. The summed E-state index contributed by atoms with van der Waals surface area (Å²) in [6, 6.07) is 96.3. The molecule has 0 atom stereocenters. The van der Waals surface area contributed by atoms with Crippen molar-refractivity contribution in [1.82, 2.24) is 9.13 Å². The van der Waals surface area contributed by atoms with Crippen LogP contribution < -0.4 is 21.3 Å². The minimum Gasteiger partial charge on any atom is -0.310 e. The van der Waals surface area contributed by atoms with Gasteiger partial charge in [-0.05, 0) is 153 Å². The summed E-state index contributed by atoms with van der Waals surface area (Å²) in [7, 11) is 0. The molecule has 0 radical (unpaired) electrons. The van der Waals surface area contributed by atoms with E-state index in [2.05, 4.69) is 269 Å². The summed E-state index contributed by atoms with van der Waals surface area (Å²) in [5.74, 6) is 0. The first kappa shape index (κ1) is 41.1. The van der Waals surface area contributed by atoms with Crippen LogP contribution in [0, 0.1) is 0 Å². The van der Waals surface area contributed by atoms with E-state index in [0.29, 0.717) is 0 Å². The molecular weight excluding hydrogens is 942 g/mol. The number of rotatable bonds is 5. The molecule has 15 aromatic rings. The fourth-order valence-electron chi connectivity index (χ4n) is 15.0. The molecule has 4 heterocycles. The van der Waals surface area contributed by atoms with Gasteiger partial charge in [-0.3, -0.25) is 0 Å². The number of fused-ring (bicyclic) bond motifs is 12. The second-order valence-electron chi connectivity index (χ2n) is 21.8. The van der Waals surface area contributed by atoms with Gasteiger partial charge in [-0.25, -0.2) is 0 Å². The van der Waals surface area contributed by atoms with Gasteiger partial charge >= 0.3 is 0 Å². The van der Waals surface area contributed by atoms with Crippen LogP contribution >= 0.6 is 0 Å². The molecule has 3 nitrogen and oxygen atoms in total. The van der Waals surface area contributed by atoms with Crippen LogP contribution in [0.1, 0.15) is 0 Å². The summed E-state index contributed by atoms with van der Waals surface area (Å²) in [6.07, 6.45) is 0.